The van der Waals surface area contributed by atoms with Crippen LogP contribution < -0.4 is 11.1 Å². The van der Waals surface area contributed by atoms with Gasteiger partial charge in [0.2, 0.25) is 5.91 Å². The second-order valence-electron chi connectivity index (χ2n) is 4.40. The zero-order valence-corrected chi connectivity index (χ0v) is 9.83. The summed E-state index contributed by atoms with van der Waals surface area (Å²) in [6.45, 7) is 3.67. The van der Waals surface area contributed by atoms with Gasteiger partial charge in [-0.2, -0.15) is 0 Å². The molecule has 1 aliphatic rings. The Hall–Kier alpha value is -0.610. The van der Waals surface area contributed by atoms with Crippen LogP contribution in [0.2, 0.25) is 0 Å². The van der Waals surface area contributed by atoms with Crippen molar-refractivity contribution >= 4 is 5.91 Å². The van der Waals surface area contributed by atoms with E-state index in [4.69, 9.17) is 5.73 Å². The first-order chi connectivity index (χ1) is 7.15. The van der Waals surface area contributed by atoms with E-state index in [0.29, 0.717) is 6.54 Å². The van der Waals surface area contributed by atoms with Gasteiger partial charge in [-0.05, 0) is 26.3 Å². The average Bonchev–Trinajstić information content (AvgIpc) is 3.00. The highest BCUT2D eigenvalue weighted by Crippen LogP contribution is 2.24. The van der Waals surface area contributed by atoms with Crippen LogP contribution in [0.15, 0.2) is 0 Å². The first-order valence-electron chi connectivity index (χ1n) is 5.88. The van der Waals surface area contributed by atoms with E-state index in [-0.39, 0.29) is 11.9 Å². The maximum atomic E-state index is 11.4. The zero-order valence-electron chi connectivity index (χ0n) is 9.83. The summed E-state index contributed by atoms with van der Waals surface area (Å²) < 4.78 is 0. The minimum Gasteiger partial charge on any atom is -0.353 e. The summed E-state index contributed by atoms with van der Waals surface area (Å²) in [6, 6.07) is 0.424. The quantitative estimate of drug-likeness (QED) is 0.640. The Kier molecular flexibility index (Phi) is 5.05. The van der Waals surface area contributed by atoms with Crippen molar-refractivity contribution in [3.63, 3.8) is 0 Å². The summed E-state index contributed by atoms with van der Waals surface area (Å²) in [4.78, 5) is 13.7. The number of rotatable bonds is 7. The molecule has 1 amide bonds. The van der Waals surface area contributed by atoms with Crippen LogP contribution in [0, 0.1) is 0 Å². The van der Waals surface area contributed by atoms with E-state index in [1.165, 1.54) is 12.8 Å². The summed E-state index contributed by atoms with van der Waals surface area (Å²) in [7, 11) is 2.11. The minimum absolute atomic E-state index is 0.0129. The number of hydrogen-bond acceptors (Lipinski definition) is 3. The van der Waals surface area contributed by atoms with Crippen LogP contribution in [-0.4, -0.2) is 43.0 Å². The lowest BCUT2D eigenvalue weighted by molar-refractivity contribution is -0.122. The Morgan fingerprint density at radius 1 is 1.60 bits per heavy atom. The second kappa shape index (κ2) is 6.08. The predicted molar refractivity (Wildman–Crippen MR) is 61.5 cm³/mol. The minimum atomic E-state index is -0.332. The monoisotopic (exact) mass is 213 g/mol. The Morgan fingerprint density at radius 2 is 2.27 bits per heavy atom. The lowest BCUT2D eigenvalue weighted by Crippen LogP contribution is -2.43. The number of carbonyl (C=O) groups is 1. The SMILES string of the molecule is CCCC(N)C(=O)NCCN(C)C1CC1. The molecule has 0 aromatic heterocycles. The van der Waals surface area contributed by atoms with Crippen molar-refractivity contribution in [2.75, 3.05) is 20.1 Å². The molecule has 1 saturated carbocycles. The number of likely N-dealkylation sites (N-methyl/N-ethyl adjacent to an activating group) is 1. The van der Waals surface area contributed by atoms with Crippen molar-refractivity contribution in [3.8, 4) is 0 Å². The molecule has 1 fully saturated rings. The Morgan fingerprint density at radius 3 is 2.80 bits per heavy atom. The molecule has 0 aliphatic heterocycles. The molecule has 0 saturated heterocycles. The molecule has 0 aromatic rings. The number of amides is 1. The van der Waals surface area contributed by atoms with Crippen molar-refractivity contribution in [1.82, 2.24) is 10.2 Å². The van der Waals surface area contributed by atoms with Gasteiger partial charge < -0.3 is 16.0 Å². The molecule has 0 radical (unpaired) electrons. The molecule has 4 nitrogen and oxygen atoms in total. The van der Waals surface area contributed by atoms with E-state index in [0.717, 1.165) is 25.4 Å². The van der Waals surface area contributed by atoms with E-state index in [1.807, 2.05) is 6.92 Å². The number of carbonyl (C=O) groups excluding carboxylic acids is 1. The first-order valence-corrected chi connectivity index (χ1v) is 5.88. The van der Waals surface area contributed by atoms with Gasteiger partial charge in [-0.15, -0.1) is 0 Å². The number of nitrogens with zero attached hydrogens (tertiary/aromatic N) is 1. The zero-order chi connectivity index (χ0) is 11.3. The lowest BCUT2D eigenvalue weighted by Gasteiger charge is -2.17. The third-order valence-corrected chi connectivity index (χ3v) is 2.87. The summed E-state index contributed by atoms with van der Waals surface area (Å²) in [5.41, 5.74) is 5.69. The molecule has 1 unspecified atom stereocenters. The van der Waals surface area contributed by atoms with Crippen molar-refractivity contribution in [2.24, 2.45) is 5.73 Å². The molecular weight excluding hydrogens is 190 g/mol. The molecule has 1 atom stereocenters. The van der Waals surface area contributed by atoms with Crippen molar-refractivity contribution in [2.45, 2.75) is 44.7 Å². The molecule has 0 spiro atoms. The van der Waals surface area contributed by atoms with Crippen molar-refractivity contribution in [3.05, 3.63) is 0 Å². The van der Waals surface area contributed by atoms with Gasteiger partial charge in [-0.3, -0.25) is 4.79 Å². The molecule has 0 bridgehead atoms. The van der Waals surface area contributed by atoms with Crippen LogP contribution in [0.5, 0.6) is 0 Å². The van der Waals surface area contributed by atoms with E-state index >= 15 is 0 Å². The van der Waals surface area contributed by atoms with Crippen LogP contribution >= 0.6 is 0 Å². The number of hydrogen-bond donors (Lipinski definition) is 2. The van der Waals surface area contributed by atoms with E-state index in [2.05, 4.69) is 17.3 Å². The maximum Gasteiger partial charge on any atom is 0.236 e. The van der Waals surface area contributed by atoms with Gasteiger partial charge in [0.1, 0.15) is 0 Å². The number of nitrogens with two attached hydrogens (primary N) is 1. The van der Waals surface area contributed by atoms with E-state index in [9.17, 15) is 4.79 Å². The van der Waals surface area contributed by atoms with Crippen LogP contribution in [0.25, 0.3) is 0 Å². The smallest absolute Gasteiger partial charge is 0.236 e. The fourth-order valence-corrected chi connectivity index (χ4v) is 1.63. The molecular formula is C11H23N3O. The summed E-state index contributed by atoms with van der Waals surface area (Å²) in [5.74, 6) is -0.0129. The third kappa shape index (κ3) is 4.62. The third-order valence-electron chi connectivity index (χ3n) is 2.87. The summed E-state index contributed by atoms with van der Waals surface area (Å²) in [6.07, 6.45) is 4.33. The Bertz CT molecular complexity index is 204. The maximum absolute atomic E-state index is 11.4. The molecule has 4 heteroatoms. The molecule has 88 valence electrons. The van der Waals surface area contributed by atoms with Gasteiger partial charge in [-0.1, -0.05) is 13.3 Å². The van der Waals surface area contributed by atoms with Crippen LogP contribution in [0.3, 0.4) is 0 Å². The van der Waals surface area contributed by atoms with Crippen molar-refractivity contribution < 1.29 is 4.79 Å². The second-order valence-corrected chi connectivity index (χ2v) is 4.40. The van der Waals surface area contributed by atoms with Gasteiger partial charge in [0.25, 0.3) is 0 Å². The highest BCUT2D eigenvalue weighted by molar-refractivity contribution is 5.81. The van der Waals surface area contributed by atoms with Gasteiger partial charge >= 0.3 is 0 Å². The Balaban J connectivity index is 2.05. The molecule has 15 heavy (non-hydrogen) atoms. The van der Waals surface area contributed by atoms with Crippen molar-refractivity contribution in [1.29, 1.82) is 0 Å². The van der Waals surface area contributed by atoms with Crippen LogP contribution in [-0.2, 0) is 4.79 Å². The highest BCUT2D eigenvalue weighted by atomic mass is 16.2. The molecule has 0 aromatic carbocycles. The Labute approximate surface area is 92.2 Å². The van der Waals surface area contributed by atoms with Gasteiger partial charge in [0.15, 0.2) is 0 Å². The molecule has 1 rings (SSSR count). The van der Waals surface area contributed by atoms with E-state index < -0.39 is 0 Å². The van der Waals surface area contributed by atoms with Crippen LogP contribution in [0.4, 0.5) is 0 Å². The highest BCUT2D eigenvalue weighted by Gasteiger charge is 2.25. The van der Waals surface area contributed by atoms with Gasteiger partial charge in [0.05, 0.1) is 6.04 Å². The normalized spacial score (nSPS) is 17.9. The molecule has 1 aliphatic carbocycles. The topological polar surface area (TPSA) is 58.4 Å². The average molecular weight is 213 g/mol. The standard InChI is InChI=1S/C11H23N3O/c1-3-4-10(12)11(15)13-7-8-14(2)9-5-6-9/h9-10H,3-8,12H2,1-2H3,(H,13,15). The fourth-order valence-electron chi connectivity index (χ4n) is 1.63. The molecule has 3 N–H and O–H groups in total. The summed E-state index contributed by atoms with van der Waals surface area (Å²) in [5, 5.41) is 2.88. The lowest BCUT2D eigenvalue weighted by atomic mass is 10.2. The molecule has 0 heterocycles. The fraction of sp³-hybridized carbons (Fsp3) is 0.909. The first kappa shape index (κ1) is 12.5. The van der Waals surface area contributed by atoms with Crippen LogP contribution in [0.1, 0.15) is 32.6 Å². The summed E-state index contributed by atoms with van der Waals surface area (Å²) >= 11 is 0. The predicted octanol–water partition coefficient (Wildman–Crippen LogP) is 0.324. The number of nitrogens with one attached hydrogen (secondary N) is 1. The van der Waals surface area contributed by atoms with E-state index in [1.54, 1.807) is 0 Å². The largest absolute Gasteiger partial charge is 0.353 e. The van der Waals surface area contributed by atoms with Gasteiger partial charge in [-0.25, -0.2) is 0 Å². The van der Waals surface area contributed by atoms with Gasteiger partial charge in [0, 0.05) is 19.1 Å².